The van der Waals surface area contributed by atoms with E-state index in [9.17, 15) is 4.79 Å². The van der Waals surface area contributed by atoms with E-state index in [4.69, 9.17) is 21.1 Å². The lowest BCUT2D eigenvalue weighted by atomic mass is 10.1. The maximum Gasteiger partial charge on any atom is 0.337 e. The third-order valence-corrected chi connectivity index (χ3v) is 4.97. The molecular formula is C21H19ClN2O3. The number of rotatable bonds is 5. The van der Waals surface area contributed by atoms with Crippen LogP contribution in [0.15, 0.2) is 54.7 Å². The second-order valence-corrected chi connectivity index (χ2v) is 6.74. The number of benzene rings is 2. The minimum absolute atomic E-state index is 0.347. The lowest BCUT2D eigenvalue weighted by Gasteiger charge is -2.05. The highest BCUT2D eigenvalue weighted by Gasteiger charge is 2.15. The quantitative estimate of drug-likeness (QED) is 0.472. The summed E-state index contributed by atoms with van der Waals surface area (Å²) in [5.41, 5.74) is 5.71. The highest BCUT2D eigenvalue weighted by molar-refractivity contribution is 6.30. The van der Waals surface area contributed by atoms with Gasteiger partial charge in [-0.15, -0.1) is 0 Å². The zero-order valence-corrected chi connectivity index (χ0v) is 15.9. The number of carbonyl (C=O) groups is 1. The molecule has 0 radical (unpaired) electrons. The lowest BCUT2D eigenvalue weighted by Crippen LogP contribution is -2.04. The molecule has 0 aliphatic rings. The van der Waals surface area contributed by atoms with Crippen LogP contribution in [0, 0.1) is 0 Å². The third kappa shape index (κ3) is 3.09. The number of nitrogens with zero attached hydrogens (tertiary/aromatic N) is 2. The van der Waals surface area contributed by atoms with Crippen molar-refractivity contribution in [2.24, 2.45) is 0 Å². The van der Waals surface area contributed by atoms with Crippen LogP contribution < -0.4 is 0 Å². The molecule has 4 aromatic rings. The number of hydrogen-bond donors (Lipinski definition) is 0. The fourth-order valence-electron chi connectivity index (χ4n) is 3.38. The van der Waals surface area contributed by atoms with E-state index in [1.165, 1.54) is 7.11 Å². The SMILES string of the molecule is COCCn1c2ccc(C(=O)OC)cc2n2cc(-c3ccc(Cl)cc3)cc12. The van der Waals surface area contributed by atoms with E-state index in [0.29, 0.717) is 23.7 Å². The molecule has 0 saturated carbocycles. The molecule has 0 spiro atoms. The highest BCUT2D eigenvalue weighted by atomic mass is 35.5. The van der Waals surface area contributed by atoms with Crippen molar-refractivity contribution >= 4 is 34.3 Å². The predicted molar refractivity (Wildman–Crippen MR) is 107 cm³/mol. The molecular weight excluding hydrogens is 364 g/mol. The first-order valence-corrected chi connectivity index (χ1v) is 8.97. The number of hydrogen-bond acceptors (Lipinski definition) is 3. The van der Waals surface area contributed by atoms with Crippen LogP contribution in [0.5, 0.6) is 0 Å². The minimum Gasteiger partial charge on any atom is -0.465 e. The third-order valence-electron chi connectivity index (χ3n) is 4.72. The summed E-state index contributed by atoms with van der Waals surface area (Å²) in [5.74, 6) is -0.347. The molecule has 138 valence electrons. The fraction of sp³-hybridized carbons (Fsp3) is 0.190. The van der Waals surface area contributed by atoms with Gasteiger partial charge in [-0.25, -0.2) is 4.79 Å². The Hall–Kier alpha value is -2.76. The van der Waals surface area contributed by atoms with Crippen molar-refractivity contribution in [2.75, 3.05) is 20.8 Å². The molecule has 6 heteroatoms. The number of imidazole rings is 1. The van der Waals surface area contributed by atoms with E-state index < -0.39 is 0 Å². The summed E-state index contributed by atoms with van der Waals surface area (Å²) in [7, 11) is 3.08. The van der Waals surface area contributed by atoms with Gasteiger partial charge in [0.05, 0.1) is 30.3 Å². The Kier molecular flexibility index (Phi) is 4.64. The fourth-order valence-corrected chi connectivity index (χ4v) is 3.51. The van der Waals surface area contributed by atoms with Gasteiger partial charge < -0.3 is 18.4 Å². The average Bonchev–Trinajstić information content (AvgIpc) is 3.24. The first-order valence-electron chi connectivity index (χ1n) is 8.60. The van der Waals surface area contributed by atoms with Gasteiger partial charge in [0.2, 0.25) is 0 Å². The Balaban J connectivity index is 1.93. The van der Waals surface area contributed by atoms with E-state index in [1.807, 2.05) is 36.4 Å². The molecule has 0 amide bonds. The molecule has 0 unspecified atom stereocenters. The maximum atomic E-state index is 12.0. The molecule has 0 fully saturated rings. The summed E-state index contributed by atoms with van der Waals surface area (Å²) < 4.78 is 14.4. The van der Waals surface area contributed by atoms with Crippen LogP contribution in [-0.4, -0.2) is 35.8 Å². The van der Waals surface area contributed by atoms with E-state index in [2.05, 4.69) is 21.2 Å². The van der Waals surface area contributed by atoms with Gasteiger partial charge in [-0.3, -0.25) is 0 Å². The molecule has 0 atom stereocenters. The molecule has 0 aliphatic heterocycles. The normalized spacial score (nSPS) is 11.4. The second-order valence-electron chi connectivity index (χ2n) is 6.30. The van der Waals surface area contributed by atoms with Crippen LogP contribution in [0.4, 0.5) is 0 Å². The van der Waals surface area contributed by atoms with Crippen molar-refractivity contribution in [3.63, 3.8) is 0 Å². The Bertz CT molecular complexity index is 1130. The van der Waals surface area contributed by atoms with Crippen LogP contribution in [-0.2, 0) is 16.0 Å². The lowest BCUT2D eigenvalue weighted by molar-refractivity contribution is 0.0601. The number of ether oxygens (including phenoxy) is 2. The van der Waals surface area contributed by atoms with Crippen molar-refractivity contribution in [3.8, 4) is 11.1 Å². The van der Waals surface area contributed by atoms with Gasteiger partial charge in [0, 0.05) is 30.4 Å². The van der Waals surface area contributed by atoms with E-state index in [0.717, 1.165) is 27.8 Å². The zero-order chi connectivity index (χ0) is 19.0. The topological polar surface area (TPSA) is 44.9 Å². The minimum atomic E-state index is -0.347. The molecule has 2 aromatic heterocycles. The summed E-state index contributed by atoms with van der Waals surface area (Å²) >= 11 is 6.01. The van der Waals surface area contributed by atoms with Crippen molar-refractivity contribution in [3.05, 3.63) is 65.3 Å². The predicted octanol–water partition coefficient (Wildman–Crippen LogP) is 4.65. The molecule has 2 aromatic carbocycles. The highest BCUT2D eigenvalue weighted by Crippen LogP contribution is 2.30. The van der Waals surface area contributed by atoms with Crippen LogP contribution >= 0.6 is 11.6 Å². The Labute approximate surface area is 161 Å². The van der Waals surface area contributed by atoms with Gasteiger partial charge in [0.25, 0.3) is 0 Å². The number of methoxy groups -OCH3 is 2. The Morgan fingerprint density at radius 1 is 1.00 bits per heavy atom. The summed E-state index contributed by atoms with van der Waals surface area (Å²) in [5, 5.41) is 0.709. The van der Waals surface area contributed by atoms with Crippen LogP contribution in [0.2, 0.25) is 5.02 Å². The first kappa shape index (κ1) is 17.6. The van der Waals surface area contributed by atoms with Crippen molar-refractivity contribution in [1.29, 1.82) is 0 Å². The number of aromatic nitrogens is 2. The summed E-state index contributed by atoms with van der Waals surface area (Å²) in [6.45, 7) is 1.31. The second kappa shape index (κ2) is 7.10. The van der Waals surface area contributed by atoms with Gasteiger partial charge in [-0.1, -0.05) is 23.7 Å². The van der Waals surface area contributed by atoms with Crippen molar-refractivity contribution < 1.29 is 14.3 Å². The van der Waals surface area contributed by atoms with E-state index in [-0.39, 0.29) is 5.97 Å². The average molecular weight is 383 g/mol. The number of carbonyl (C=O) groups excluding carboxylic acids is 1. The first-order chi connectivity index (χ1) is 13.1. The van der Waals surface area contributed by atoms with E-state index in [1.54, 1.807) is 13.2 Å². The Morgan fingerprint density at radius 3 is 2.48 bits per heavy atom. The van der Waals surface area contributed by atoms with Gasteiger partial charge in [-0.05, 0) is 42.0 Å². The van der Waals surface area contributed by atoms with E-state index >= 15 is 0 Å². The van der Waals surface area contributed by atoms with Crippen molar-refractivity contribution in [1.82, 2.24) is 8.97 Å². The molecule has 0 saturated heterocycles. The van der Waals surface area contributed by atoms with Gasteiger partial charge in [0.15, 0.2) is 0 Å². The Morgan fingerprint density at radius 2 is 1.78 bits per heavy atom. The molecule has 4 rings (SSSR count). The summed E-state index contributed by atoms with van der Waals surface area (Å²) in [6.07, 6.45) is 2.07. The largest absolute Gasteiger partial charge is 0.465 e. The molecule has 5 nitrogen and oxygen atoms in total. The number of esters is 1. The molecule has 0 bridgehead atoms. The summed E-state index contributed by atoms with van der Waals surface area (Å²) in [4.78, 5) is 12.0. The standard InChI is InChI=1S/C21H19ClN2O3/c1-26-10-9-23-18-8-5-15(21(25)27-2)11-19(18)24-13-16(12-20(23)24)14-3-6-17(22)7-4-14/h3-8,11-13H,9-10H2,1-2H3. The number of halogens is 1. The number of fused-ring (bicyclic) bond motifs is 3. The van der Waals surface area contributed by atoms with Gasteiger partial charge >= 0.3 is 5.97 Å². The maximum absolute atomic E-state index is 12.0. The van der Waals surface area contributed by atoms with Crippen molar-refractivity contribution in [2.45, 2.75) is 6.54 Å². The molecule has 2 heterocycles. The summed E-state index contributed by atoms with van der Waals surface area (Å²) in [6, 6.07) is 15.5. The van der Waals surface area contributed by atoms with Gasteiger partial charge in [-0.2, -0.15) is 0 Å². The molecule has 0 N–H and O–H groups in total. The molecule has 0 aliphatic carbocycles. The molecule has 27 heavy (non-hydrogen) atoms. The smallest absolute Gasteiger partial charge is 0.337 e. The van der Waals surface area contributed by atoms with Crippen LogP contribution in [0.3, 0.4) is 0 Å². The van der Waals surface area contributed by atoms with Gasteiger partial charge in [0.1, 0.15) is 5.65 Å². The van der Waals surface area contributed by atoms with Crippen LogP contribution in [0.1, 0.15) is 10.4 Å². The monoisotopic (exact) mass is 382 g/mol. The van der Waals surface area contributed by atoms with Crippen LogP contribution in [0.25, 0.3) is 27.8 Å². The zero-order valence-electron chi connectivity index (χ0n) is 15.1.